The van der Waals surface area contributed by atoms with Crippen molar-refractivity contribution in [2.24, 2.45) is 0 Å². The molecular weight excluding hydrogens is 636 g/mol. The normalized spacial score (nSPS) is 14.4. The fourth-order valence-electron chi connectivity index (χ4n) is 5.38. The highest BCUT2D eigenvalue weighted by Gasteiger charge is 1.97. The minimum Gasteiger partial charge on any atom is -0.392 e. The van der Waals surface area contributed by atoms with Crippen LogP contribution >= 0.6 is 17.0 Å². The van der Waals surface area contributed by atoms with Gasteiger partial charge in [-0.3, -0.25) is 0 Å². The van der Waals surface area contributed by atoms with Crippen molar-refractivity contribution in [2.45, 2.75) is 172 Å². The minimum absolute atomic E-state index is 0. The lowest BCUT2D eigenvalue weighted by Gasteiger charge is -2.04. The molecule has 0 radical (unpaired) electrons. The molecule has 1 nitrogen and oxygen atoms in total. The molecule has 0 fully saturated rings. The molecule has 47 heavy (non-hydrogen) atoms. The van der Waals surface area contributed by atoms with E-state index >= 15 is 0 Å². The molecule has 268 valence electrons. The first-order chi connectivity index (χ1) is 21.9. The van der Waals surface area contributed by atoms with Gasteiger partial charge in [-0.05, 0) is 172 Å². The number of hydrogen-bond donors (Lipinski definition) is 1. The third kappa shape index (κ3) is 32.4. The maximum Gasteiger partial charge on any atom is 0.0614 e. The summed E-state index contributed by atoms with van der Waals surface area (Å²) in [5.74, 6) is 0. The molecule has 0 aliphatic heterocycles. The average molecular weight is 712 g/mol. The van der Waals surface area contributed by atoms with Crippen molar-refractivity contribution < 1.29 is 5.11 Å². The van der Waals surface area contributed by atoms with Crippen LogP contribution in [-0.2, 0) is 0 Å². The van der Waals surface area contributed by atoms with Gasteiger partial charge in [0.1, 0.15) is 0 Å². The summed E-state index contributed by atoms with van der Waals surface area (Å²) in [6.07, 6.45) is 39.7. The predicted molar refractivity (Wildman–Crippen MR) is 221 cm³/mol. The summed E-state index contributed by atoms with van der Waals surface area (Å²) in [4.78, 5) is 0. The van der Waals surface area contributed by atoms with Crippen LogP contribution < -0.4 is 0 Å². The maximum absolute atomic E-state index is 8.96. The van der Waals surface area contributed by atoms with Crippen molar-refractivity contribution in [3.05, 3.63) is 105 Å². The van der Waals surface area contributed by atoms with Crippen LogP contribution in [0.3, 0.4) is 0 Å². The molecule has 0 saturated heterocycles. The van der Waals surface area contributed by atoms with E-state index in [0.717, 1.165) is 57.8 Å². The highest BCUT2D eigenvalue weighted by atomic mass is 79.9. The highest BCUT2D eigenvalue weighted by Crippen LogP contribution is 2.17. The van der Waals surface area contributed by atoms with E-state index in [9.17, 15) is 0 Å². The molecule has 2 heteroatoms. The van der Waals surface area contributed by atoms with E-state index in [-0.39, 0.29) is 23.6 Å². The Morgan fingerprint density at radius 1 is 0.298 bits per heavy atom. The van der Waals surface area contributed by atoms with Crippen molar-refractivity contribution in [1.29, 1.82) is 0 Å². The van der Waals surface area contributed by atoms with Crippen molar-refractivity contribution in [3.63, 3.8) is 0 Å². The lowest BCUT2D eigenvalue weighted by atomic mass is 10.0. The number of halogens is 1. The van der Waals surface area contributed by atoms with E-state index < -0.39 is 0 Å². The van der Waals surface area contributed by atoms with Crippen molar-refractivity contribution in [1.82, 2.24) is 0 Å². The summed E-state index contributed by atoms with van der Waals surface area (Å²) >= 11 is 0. The number of aliphatic hydroxyl groups excluding tert-OH is 1. The smallest absolute Gasteiger partial charge is 0.0614 e. The molecule has 0 rings (SSSR count). The summed E-state index contributed by atoms with van der Waals surface area (Å²) in [5.41, 5.74) is 13.3. The van der Waals surface area contributed by atoms with Crippen molar-refractivity contribution in [3.8, 4) is 0 Å². The molecule has 0 spiro atoms. The molecule has 0 amide bonds. The molecule has 0 saturated carbocycles. The molecule has 1 N–H and O–H groups in total. The highest BCUT2D eigenvalue weighted by molar-refractivity contribution is 8.93. The Hall–Kier alpha value is -1.90. The number of aliphatic hydroxyl groups is 1. The van der Waals surface area contributed by atoms with Crippen LogP contribution in [0.25, 0.3) is 0 Å². The average Bonchev–Trinajstić information content (AvgIpc) is 2.97. The summed E-state index contributed by atoms with van der Waals surface area (Å²) < 4.78 is 0. The van der Waals surface area contributed by atoms with E-state index in [1.54, 1.807) is 0 Å². The van der Waals surface area contributed by atoms with Crippen LogP contribution in [0.2, 0.25) is 0 Å². The van der Waals surface area contributed by atoms with E-state index in [1.807, 2.05) is 6.08 Å². The van der Waals surface area contributed by atoms with Crippen LogP contribution in [-0.4, -0.2) is 11.7 Å². The summed E-state index contributed by atoms with van der Waals surface area (Å²) in [5, 5.41) is 8.96. The SMILES string of the molecule is Br.CC(C)=CCC/C(C)=C/CC/C(C)=C/CC/C(C)=C/CC/C(C)=C/CC/C(C)=C/CC/C(C)=C/CC/C(C)=C/CC/C(C)=C/CO. The molecule has 0 aliphatic carbocycles. The molecule has 0 aromatic heterocycles. The van der Waals surface area contributed by atoms with E-state index in [4.69, 9.17) is 5.11 Å². The first-order valence-electron chi connectivity index (χ1n) is 18.4. The predicted octanol–water partition coefficient (Wildman–Crippen LogP) is 15.3. The van der Waals surface area contributed by atoms with Crippen molar-refractivity contribution in [2.75, 3.05) is 6.61 Å². The number of rotatable bonds is 25. The number of hydrogen-bond acceptors (Lipinski definition) is 1. The largest absolute Gasteiger partial charge is 0.392 e. The van der Waals surface area contributed by atoms with Gasteiger partial charge in [-0.2, -0.15) is 0 Å². The lowest BCUT2D eigenvalue weighted by Crippen LogP contribution is -1.84. The summed E-state index contributed by atoms with van der Waals surface area (Å²) in [6, 6.07) is 0. The number of allylic oxidation sites excluding steroid dienone is 17. The first kappa shape index (κ1) is 47.2. The first-order valence-corrected chi connectivity index (χ1v) is 18.4. The minimum atomic E-state index is 0. The van der Waals surface area contributed by atoms with Gasteiger partial charge in [-0.1, -0.05) is 105 Å². The maximum atomic E-state index is 8.96. The van der Waals surface area contributed by atoms with Crippen LogP contribution in [0.4, 0.5) is 0 Å². The molecular formula is C45H75BrO. The van der Waals surface area contributed by atoms with Crippen molar-refractivity contribution >= 4 is 17.0 Å². The quantitative estimate of drug-likeness (QED) is 0.0935. The molecule has 0 unspecified atom stereocenters. The molecule has 0 bridgehead atoms. The zero-order chi connectivity index (χ0) is 34.6. The fourth-order valence-corrected chi connectivity index (χ4v) is 5.38. The van der Waals surface area contributed by atoms with Crippen LogP contribution in [0.15, 0.2) is 105 Å². The van der Waals surface area contributed by atoms with Gasteiger partial charge in [0.25, 0.3) is 0 Å². The zero-order valence-corrected chi connectivity index (χ0v) is 34.3. The second-order valence-corrected chi connectivity index (χ2v) is 14.2. The van der Waals surface area contributed by atoms with Gasteiger partial charge in [0.05, 0.1) is 6.61 Å². The van der Waals surface area contributed by atoms with E-state index in [2.05, 4.69) is 118 Å². The lowest BCUT2D eigenvalue weighted by molar-refractivity contribution is 0.341. The standard InChI is InChI=1S/C45H74O.BrH/c1-37(2)19-11-20-38(3)21-12-22-39(4)23-13-24-40(5)25-14-26-41(6)27-15-28-42(7)29-16-30-43(8)31-17-32-44(9)33-18-34-45(10)35-36-46;/h19,21,23,25,27,29,31,33,35,46H,11-18,20,22,24,26,28,30,32,34,36H2,1-10H3;1H/b38-21+,39-23+,40-25+,41-27+,42-29+,43-31+,44-33+,45-35+;. The van der Waals surface area contributed by atoms with E-state index in [1.165, 1.54) is 95.1 Å². The third-order valence-electron chi connectivity index (χ3n) is 8.75. The van der Waals surface area contributed by atoms with Gasteiger partial charge in [0.2, 0.25) is 0 Å². The van der Waals surface area contributed by atoms with Crippen LogP contribution in [0.5, 0.6) is 0 Å². The fraction of sp³-hybridized carbons (Fsp3) is 0.600. The van der Waals surface area contributed by atoms with Gasteiger partial charge in [-0.15, -0.1) is 17.0 Å². The monoisotopic (exact) mass is 711 g/mol. The van der Waals surface area contributed by atoms with Gasteiger partial charge >= 0.3 is 0 Å². The summed E-state index contributed by atoms with van der Waals surface area (Å²) in [6.45, 7) is 22.6. The zero-order valence-electron chi connectivity index (χ0n) is 32.6. The second kappa shape index (κ2) is 31.4. The van der Waals surface area contributed by atoms with Crippen LogP contribution in [0, 0.1) is 0 Å². The Kier molecular flexibility index (Phi) is 31.5. The molecule has 0 aromatic carbocycles. The molecule has 0 aromatic rings. The Balaban J connectivity index is 0. The Bertz CT molecular complexity index is 1110. The summed E-state index contributed by atoms with van der Waals surface area (Å²) in [7, 11) is 0. The molecule has 0 heterocycles. The Morgan fingerprint density at radius 3 is 0.638 bits per heavy atom. The molecule has 0 atom stereocenters. The van der Waals surface area contributed by atoms with E-state index in [0.29, 0.717) is 0 Å². The van der Waals surface area contributed by atoms with Gasteiger partial charge in [0.15, 0.2) is 0 Å². The molecule has 0 aliphatic rings. The van der Waals surface area contributed by atoms with Gasteiger partial charge in [-0.25, -0.2) is 0 Å². The Labute approximate surface area is 304 Å². The topological polar surface area (TPSA) is 20.2 Å². The van der Waals surface area contributed by atoms with Crippen LogP contribution in [0.1, 0.15) is 172 Å². The third-order valence-corrected chi connectivity index (χ3v) is 8.75. The van der Waals surface area contributed by atoms with Gasteiger partial charge < -0.3 is 5.11 Å². The second-order valence-electron chi connectivity index (χ2n) is 14.2. The van der Waals surface area contributed by atoms with Gasteiger partial charge in [0, 0.05) is 0 Å². The Morgan fingerprint density at radius 2 is 0.468 bits per heavy atom.